The minimum absolute atomic E-state index is 0.0496. The van der Waals surface area contributed by atoms with Gasteiger partial charge in [0.2, 0.25) is 0 Å². The molecule has 2 heterocycles. The number of hydrogen-bond acceptors (Lipinski definition) is 4. The van der Waals surface area contributed by atoms with Gasteiger partial charge in [0.05, 0.1) is 11.2 Å². The first-order chi connectivity index (χ1) is 11.3. The second-order valence-electron chi connectivity index (χ2n) is 7.54. The number of likely N-dealkylation sites (tertiary alicyclic amines) is 1. The van der Waals surface area contributed by atoms with E-state index in [9.17, 15) is 4.79 Å². The second kappa shape index (κ2) is 6.41. The summed E-state index contributed by atoms with van der Waals surface area (Å²) in [6.45, 7) is 9.88. The van der Waals surface area contributed by atoms with Crippen LogP contribution in [0.1, 0.15) is 40.5 Å². The highest BCUT2D eigenvalue weighted by Gasteiger charge is 2.51. The van der Waals surface area contributed by atoms with Crippen LogP contribution in [0.2, 0.25) is 0 Å². The summed E-state index contributed by atoms with van der Waals surface area (Å²) in [7, 11) is -0.423. The molecule has 2 aliphatic rings. The molecule has 0 bridgehead atoms. The third-order valence-corrected chi connectivity index (χ3v) is 5.20. The molecular formula is C18H26BNO4. The standard InChI is InChI=1S/C18H26BNO4/c1-17(2)18(3,4)24-19(23-17)14-8-7-9-15(12-14)22-13-16(21)20-10-5-6-11-20/h7-9,12H,5-6,10-11,13H2,1-4H3. The Bertz CT molecular complexity index is 595. The topological polar surface area (TPSA) is 48.0 Å². The van der Waals surface area contributed by atoms with E-state index in [4.69, 9.17) is 14.0 Å². The molecular weight excluding hydrogens is 305 g/mol. The number of hydrogen-bond donors (Lipinski definition) is 0. The fourth-order valence-corrected chi connectivity index (χ4v) is 2.93. The maximum atomic E-state index is 12.1. The molecule has 0 N–H and O–H groups in total. The van der Waals surface area contributed by atoms with Gasteiger partial charge < -0.3 is 18.9 Å². The predicted molar refractivity (Wildman–Crippen MR) is 93.5 cm³/mol. The van der Waals surface area contributed by atoms with Gasteiger partial charge in [-0.3, -0.25) is 4.79 Å². The lowest BCUT2D eigenvalue weighted by molar-refractivity contribution is -0.132. The summed E-state index contributed by atoms with van der Waals surface area (Å²) in [5.74, 6) is 0.711. The Hall–Kier alpha value is -1.53. The Balaban J connectivity index is 1.63. The fourth-order valence-electron chi connectivity index (χ4n) is 2.93. The average molecular weight is 331 g/mol. The number of amides is 1. The summed E-state index contributed by atoms with van der Waals surface area (Å²) >= 11 is 0. The maximum absolute atomic E-state index is 12.1. The molecule has 24 heavy (non-hydrogen) atoms. The van der Waals surface area contributed by atoms with E-state index in [0.717, 1.165) is 31.4 Å². The van der Waals surface area contributed by atoms with Crippen molar-refractivity contribution in [3.8, 4) is 5.75 Å². The molecule has 1 aromatic carbocycles. The summed E-state index contributed by atoms with van der Waals surface area (Å²) in [5.41, 5.74) is 0.153. The van der Waals surface area contributed by atoms with Gasteiger partial charge in [0.1, 0.15) is 5.75 Å². The van der Waals surface area contributed by atoms with Gasteiger partial charge in [-0.2, -0.15) is 0 Å². The van der Waals surface area contributed by atoms with E-state index >= 15 is 0 Å². The predicted octanol–water partition coefficient (Wildman–Crippen LogP) is 1.99. The zero-order valence-corrected chi connectivity index (χ0v) is 15.0. The van der Waals surface area contributed by atoms with Crippen molar-refractivity contribution in [2.24, 2.45) is 0 Å². The number of benzene rings is 1. The largest absolute Gasteiger partial charge is 0.494 e. The van der Waals surface area contributed by atoms with Crippen LogP contribution in [0.25, 0.3) is 0 Å². The lowest BCUT2D eigenvalue weighted by Gasteiger charge is -2.32. The molecule has 0 unspecified atom stereocenters. The van der Waals surface area contributed by atoms with Gasteiger partial charge in [-0.05, 0) is 58.1 Å². The van der Waals surface area contributed by atoms with Crippen LogP contribution in [-0.4, -0.2) is 48.8 Å². The molecule has 130 valence electrons. The minimum Gasteiger partial charge on any atom is -0.484 e. The molecule has 1 amide bonds. The lowest BCUT2D eigenvalue weighted by atomic mass is 9.79. The number of rotatable bonds is 4. The number of carbonyl (C=O) groups is 1. The van der Waals surface area contributed by atoms with Crippen LogP contribution < -0.4 is 10.2 Å². The van der Waals surface area contributed by atoms with E-state index in [2.05, 4.69) is 0 Å². The molecule has 6 heteroatoms. The Morgan fingerprint density at radius 3 is 2.42 bits per heavy atom. The monoisotopic (exact) mass is 331 g/mol. The Kier molecular flexibility index (Phi) is 4.62. The van der Waals surface area contributed by atoms with E-state index in [1.165, 1.54) is 0 Å². The first-order valence-electron chi connectivity index (χ1n) is 8.65. The van der Waals surface area contributed by atoms with Gasteiger partial charge in [0, 0.05) is 13.1 Å². The van der Waals surface area contributed by atoms with Crippen LogP contribution in [-0.2, 0) is 14.1 Å². The molecule has 0 spiro atoms. The van der Waals surface area contributed by atoms with Crippen molar-refractivity contribution < 1.29 is 18.8 Å². The first kappa shape index (κ1) is 17.3. The Morgan fingerprint density at radius 2 is 1.79 bits per heavy atom. The summed E-state index contributed by atoms with van der Waals surface area (Å²) in [4.78, 5) is 13.9. The van der Waals surface area contributed by atoms with Crippen LogP contribution in [0.3, 0.4) is 0 Å². The van der Waals surface area contributed by atoms with Crippen molar-refractivity contribution in [1.82, 2.24) is 4.90 Å². The van der Waals surface area contributed by atoms with Crippen LogP contribution in [0.5, 0.6) is 5.75 Å². The van der Waals surface area contributed by atoms with Gasteiger partial charge in [-0.25, -0.2) is 0 Å². The highest BCUT2D eigenvalue weighted by Crippen LogP contribution is 2.36. The summed E-state index contributed by atoms with van der Waals surface area (Å²) in [5, 5.41) is 0. The normalized spacial score (nSPS) is 22.0. The Morgan fingerprint density at radius 1 is 1.17 bits per heavy atom. The fraction of sp³-hybridized carbons (Fsp3) is 0.611. The third kappa shape index (κ3) is 3.45. The van der Waals surface area contributed by atoms with Crippen LogP contribution >= 0.6 is 0 Å². The van der Waals surface area contributed by atoms with E-state index in [1.807, 2.05) is 56.9 Å². The quantitative estimate of drug-likeness (QED) is 0.792. The second-order valence-corrected chi connectivity index (χ2v) is 7.54. The molecule has 0 aliphatic carbocycles. The van der Waals surface area contributed by atoms with Gasteiger partial charge in [0.15, 0.2) is 6.61 Å². The van der Waals surface area contributed by atoms with Gasteiger partial charge >= 0.3 is 7.12 Å². The van der Waals surface area contributed by atoms with Crippen molar-refractivity contribution in [2.45, 2.75) is 51.7 Å². The molecule has 2 saturated heterocycles. The molecule has 0 atom stereocenters. The SMILES string of the molecule is CC1(C)OB(c2cccc(OCC(=O)N3CCCC3)c2)OC1(C)C. The summed E-state index contributed by atoms with van der Waals surface area (Å²) in [6.07, 6.45) is 2.17. The molecule has 0 saturated carbocycles. The van der Waals surface area contributed by atoms with E-state index in [-0.39, 0.29) is 23.7 Å². The van der Waals surface area contributed by atoms with E-state index in [0.29, 0.717) is 5.75 Å². The highest BCUT2D eigenvalue weighted by atomic mass is 16.7. The summed E-state index contributed by atoms with van der Waals surface area (Å²) < 4.78 is 17.8. The molecule has 0 aromatic heterocycles. The van der Waals surface area contributed by atoms with Gasteiger partial charge in [-0.1, -0.05) is 12.1 Å². The number of nitrogens with zero attached hydrogens (tertiary/aromatic N) is 1. The molecule has 2 aliphatic heterocycles. The zero-order chi connectivity index (χ0) is 17.4. The smallest absolute Gasteiger partial charge is 0.484 e. The minimum atomic E-state index is -0.423. The average Bonchev–Trinajstić information content (AvgIpc) is 3.12. The van der Waals surface area contributed by atoms with Crippen molar-refractivity contribution in [1.29, 1.82) is 0 Å². The highest BCUT2D eigenvalue weighted by molar-refractivity contribution is 6.62. The van der Waals surface area contributed by atoms with Gasteiger partial charge in [0.25, 0.3) is 5.91 Å². The molecule has 3 rings (SSSR count). The molecule has 2 fully saturated rings. The van der Waals surface area contributed by atoms with Gasteiger partial charge in [-0.15, -0.1) is 0 Å². The number of ether oxygens (including phenoxy) is 1. The van der Waals surface area contributed by atoms with E-state index in [1.54, 1.807) is 0 Å². The van der Waals surface area contributed by atoms with Crippen LogP contribution in [0.15, 0.2) is 24.3 Å². The summed E-state index contributed by atoms with van der Waals surface area (Å²) in [6, 6.07) is 7.60. The molecule has 0 radical (unpaired) electrons. The Labute approximate surface area is 144 Å². The lowest BCUT2D eigenvalue weighted by Crippen LogP contribution is -2.41. The molecule has 1 aromatic rings. The maximum Gasteiger partial charge on any atom is 0.494 e. The van der Waals surface area contributed by atoms with Crippen molar-refractivity contribution in [3.63, 3.8) is 0 Å². The van der Waals surface area contributed by atoms with Crippen molar-refractivity contribution in [3.05, 3.63) is 24.3 Å². The van der Waals surface area contributed by atoms with E-state index < -0.39 is 7.12 Å². The number of carbonyl (C=O) groups excluding carboxylic acids is 1. The van der Waals surface area contributed by atoms with Crippen LogP contribution in [0, 0.1) is 0 Å². The van der Waals surface area contributed by atoms with Crippen molar-refractivity contribution in [2.75, 3.05) is 19.7 Å². The zero-order valence-electron chi connectivity index (χ0n) is 15.0. The first-order valence-corrected chi connectivity index (χ1v) is 8.65. The third-order valence-electron chi connectivity index (χ3n) is 5.20. The molecule has 5 nitrogen and oxygen atoms in total. The van der Waals surface area contributed by atoms with Crippen molar-refractivity contribution >= 4 is 18.5 Å². The van der Waals surface area contributed by atoms with Crippen LogP contribution in [0.4, 0.5) is 0 Å².